The predicted molar refractivity (Wildman–Crippen MR) is 238 cm³/mol. The summed E-state index contributed by atoms with van der Waals surface area (Å²) in [5.41, 5.74) is 4.45. The minimum absolute atomic E-state index is 0.00916. The first-order valence-corrected chi connectivity index (χ1v) is 24.0. The third kappa shape index (κ3) is 8.97. The van der Waals surface area contributed by atoms with Gasteiger partial charge in [0.15, 0.2) is 6.29 Å². The molecule has 0 amide bonds. The summed E-state index contributed by atoms with van der Waals surface area (Å²) in [6.45, 7) is 17.5. The maximum absolute atomic E-state index is 7.21. The topological polar surface area (TPSA) is 73.8 Å². The van der Waals surface area contributed by atoms with Crippen molar-refractivity contribution in [2.24, 2.45) is 46.3 Å². The van der Waals surface area contributed by atoms with Gasteiger partial charge in [0, 0.05) is 14.2 Å². The van der Waals surface area contributed by atoms with Gasteiger partial charge < -0.3 is 37.9 Å². The SMILES string of the molecule is COC1(C)O[C@@H]2[C@H](OCc3ccccc3)[C@H](O[C@H]3CC[C@@]4(C)C(=CC[C@H]5[C@@H]6CC[C@H]([C@H](C)CCCC(C)C)[C@@]6(C)CC[C@@H]54)C3)O[C@H](COCc3ccccc3)[C@H]2OC1(C)OC. The van der Waals surface area contributed by atoms with Gasteiger partial charge >= 0.3 is 0 Å². The lowest BCUT2D eigenvalue weighted by Crippen LogP contribution is -2.73. The van der Waals surface area contributed by atoms with E-state index in [1.807, 2.05) is 50.2 Å². The Labute approximate surface area is 368 Å². The number of hydrogen-bond donors (Lipinski definition) is 0. The van der Waals surface area contributed by atoms with Crippen molar-refractivity contribution in [1.82, 2.24) is 0 Å². The van der Waals surface area contributed by atoms with Crippen molar-refractivity contribution in [3.05, 3.63) is 83.4 Å². The van der Waals surface area contributed by atoms with E-state index in [-0.39, 0.29) is 18.1 Å². The molecule has 3 saturated carbocycles. The molecule has 0 aromatic heterocycles. The number of methoxy groups -OCH3 is 2. The van der Waals surface area contributed by atoms with E-state index in [9.17, 15) is 0 Å². The fraction of sp³-hybridized carbons (Fsp3) is 0.736. The highest BCUT2D eigenvalue weighted by atomic mass is 16.8. The van der Waals surface area contributed by atoms with Crippen molar-refractivity contribution in [1.29, 1.82) is 0 Å². The fourth-order valence-corrected chi connectivity index (χ4v) is 13.4. The first-order chi connectivity index (χ1) is 29.3. The Morgan fingerprint density at radius 3 is 2.08 bits per heavy atom. The third-order valence-corrected chi connectivity index (χ3v) is 17.2. The van der Waals surface area contributed by atoms with Gasteiger partial charge in [-0.1, -0.05) is 126 Å². The minimum Gasteiger partial charge on any atom is -0.374 e. The van der Waals surface area contributed by atoms with Crippen LogP contribution in [0.15, 0.2) is 72.3 Å². The molecule has 6 aliphatic rings. The average molecular weight is 843 g/mol. The molecule has 338 valence electrons. The standard InChI is InChI=1S/C53H78O8/c1-35(2)17-16-18-36(3)42-25-26-43-41-24-23-39-31-40(27-29-50(39,4)44(41)28-30-51(42,43)5)58-49-48(57-33-38-21-14-11-15-22-38)47-46(60-52(6,54-8)53(7,55-9)61-47)45(59-49)34-56-32-37-19-12-10-13-20-37/h10-15,19-23,35-36,40-49H,16-18,24-34H2,1-9H3/t36-,40+,41+,42-,43+,44+,45-,46-,47+,48+,49-,50+,51-,52?,53?/m1/s1. The molecule has 5 fully saturated rings. The van der Waals surface area contributed by atoms with Gasteiger partial charge in [0.25, 0.3) is 0 Å². The molecule has 2 heterocycles. The van der Waals surface area contributed by atoms with Crippen LogP contribution in [-0.4, -0.2) is 69.2 Å². The van der Waals surface area contributed by atoms with Crippen molar-refractivity contribution in [2.75, 3.05) is 20.8 Å². The van der Waals surface area contributed by atoms with E-state index >= 15 is 0 Å². The highest BCUT2D eigenvalue weighted by molar-refractivity contribution is 5.26. The zero-order chi connectivity index (χ0) is 43.0. The normalized spacial score (nSPS) is 41.3. The van der Waals surface area contributed by atoms with E-state index in [0.717, 1.165) is 65.9 Å². The van der Waals surface area contributed by atoms with E-state index < -0.39 is 42.3 Å². The number of benzene rings is 2. The molecule has 8 rings (SSSR count). The smallest absolute Gasteiger partial charge is 0.220 e. The Morgan fingerprint density at radius 2 is 1.41 bits per heavy atom. The van der Waals surface area contributed by atoms with Crippen molar-refractivity contribution in [3.63, 3.8) is 0 Å². The number of ether oxygens (including phenoxy) is 8. The van der Waals surface area contributed by atoms with E-state index in [1.165, 1.54) is 51.4 Å². The molecule has 0 spiro atoms. The maximum atomic E-state index is 7.21. The molecule has 2 saturated heterocycles. The summed E-state index contributed by atoms with van der Waals surface area (Å²) >= 11 is 0. The molecule has 0 bridgehead atoms. The maximum Gasteiger partial charge on any atom is 0.220 e. The van der Waals surface area contributed by atoms with Crippen LogP contribution in [0.25, 0.3) is 0 Å². The minimum atomic E-state index is -1.23. The van der Waals surface area contributed by atoms with Crippen LogP contribution in [0.5, 0.6) is 0 Å². The van der Waals surface area contributed by atoms with Crippen molar-refractivity contribution in [2.45, 2.75) is 181 Å². The van der Waals surface area contributed by atoms with Crippen LogP contribution in [0.1, 0.15) is 130 Å². The Balaban J connectivity index is 1.01. The molecule has 8 nitrogen and oxygen atoms in total. The first kappa shape index (κ1) is 45.4. The molecular weight excluding hydrogens is 765 g/mol. The van der Waals surface area contributed by atoms with Crippen LogP contribution in [0.3, 0.4) is 0 Å². The van der Waals surface area contributed by atoms with E-state index in [1.54, 1.807) is 19.8 Å². The summed E-state index contributed by atoms with van der Waals surface area (Å²) in [5.74, 6) is 2.43. The summed E-state index contributed by atoms with van der Waals surface area (Å²) in [6.07, 6.45) is 13.6. The number of allylic oxidation sites excluding steroid dienone is 1. The molecule has 2 aromatic carbocycles. The molecule has 61 heavy (non-hydrogen) atoms. The Morgan fingerprint density at radius 1 is 0.738 bits per heavy atom. The molecule has 2 aromatic rings. The van der Waals surface area contributed by atoms with Crippen molar-refractivity contribution >= 4 is 0 Å². The molecule has 2 aliphatic heterocycles. The van der Waals surface area contributed by atoms with Gasteiger partial charge in [-0.2, -0.15) is 0 Å². The summed E-state index contributed by atoms with van der Waals surface area (Å²) in [5, 5.41) is 0. The van der Waals surface area contributed by atoms with Crippen molar-refractivity contribution < 1.29 is 37.9 Å². The Bertz CT molecular complexity index is 1750. The fourth-order valence-electron chi connectivity index (χ4n) is 13.4. The van der Waals surface area contributed by atoms with Gasteiger partial charge in [0.1, 0.15) is 24.4 Å². The van der Waals surface area contributed by atoms with Crippen LogP contribution >= 0.6 is 0 Å². The van der Waals surface area contributed by atoms with E-state index in [2.05, 4.69) is 65.0 Å². The summed E-state index contributed by atoms with van der Waals surface area (Å²) in [4.78, 5) is 0. The Kier molecular flexibility index (Phi) is 14.0. The lowest BCUT2D eigenvalue weighted by Gasteiger charge is -2.59. The zero-order valence-electron chi connectivity index (χ0n) is 38.9. The molecule has 8 heteroatoms. The van der Waals surface area contributed by atoms with Crippen LogP contribution in [0.4, 0.5) is 0 Å². The summed E-state index contributed by atoms with van der Waals surface area (Å²) in [7, 11) is 3.25. The highest BCUT2D eigenvalue weighted by Gasteiger charge is 2.64. The molecule has 2 unspecified atom stereocenters. The van der Waals surface area contributed by atoms with Gasteiger partial charge in [-0.25, -0.2) is 0 Å². The average Bonchev–Trinajstić information content (AvgIpc) is 3.62. The molecule has 4 aliphatic carbocycles. The second kappa shape index (κ2) is 18.8. The predicted octanol–water partition coefficient (Wildman–Crippen LogP) is 11.4. The Hall–Kier alpha value is -2.14. The van der Waals surface area contributed by atoms with Gasteiger partial charge in [-0.05, 0) is 123 Å². The van der Waals surface area contributed by atoms with Crippen molar-refractivity contribution in [3.8, 4) is 0 Å². The number of rotatable bonds is 16. The van der Waals surface area contributed by atoms with Gasteiger partial charge in [-0.15, -0.1) is 0 Å². The summed E-state index contributed by atoms with van der Waals surface area (Å²) in [6, 6.07) is 20.5. The van der Waals surface area contributed by atoms with Gasteiger partial charge in [0.05, 0.1) is 25.9 Å². The zero-order valence-corrected chi connectivity index (χ0v) is 38.9. The lowest BCUT2D eigenvalue weighted by atomic mass is 9.47. The van der Waals surface area contributed by atoms with Crippen LogP contribution in [0, 0.1) is 46.3 Å². The highest BCUT2D eigenvalue weighted by Crippen LogP contribution is 2.67. The van der Waals surface area contributed by atoms with E-state index in [0.29, 0.717) is 18.6 Å². The third-order valence-electron chi connectivity index (χ3n) is 17.2. The molecular formula is C53H78O8. The van der Waals surface area contributed by atoms with E-state index in [4.69, 9.17) is 37.9 Å². The molecule has 0 radical (unpaired) electrons. The first-order valence-electron chi connectivity index (χ1n) is 24.0. The van der Waals surface area contributed by atoms with Crippen LogP contribution in [0.2, 0.25) is 0 Å². The van der Waals surface area contributed by atoms with Gasteiger partial charge in [-0.3, -0.25) is 0 Å². The summed E-state index contributed by atoms with van der Waals surface area (Å²) < 4.78 is 53.3. The second-order valence-electron chi connectivity index (χ2n) is 21.1. The van der Waals surface area contributed by atoms with Crippen LogP contribution in [-0.2, 0) is 51.1 Å². The number of fused-ring (bicyclic) bond motifs is 6. The van der Waals surface area contributed by atoms with Crippen LogP contribution < -0.4 is 0 Å². The number of hydrogen-bond acceptors (Lipinski definition) is 8. The van der Waals surface area contributed by atoms with Gasteiger partial charge in [0.2, 0.25) is 11.6 Å². The monoisotopic (exact) mass is 843 g/mol. The molecule has 0 N–H and O–H groups in total. The molecule has 15 atom stereocenters. The second-order valence-corrected chi connectivity index (χ2v) is 21.1. The quantitative estimate of drug-likeness (QED) is 0.155. The largest absolute Gasteiger partial charge is 0.374 e. The lowest BCUT2D eigenvalue weighted by molar-refractivity contribution is -0.483.